The maximum atomic E-state index is 13.2. The third-order valence-corrected chi connectivity index (χ3v) is 6.05. The number of rotatable bonds is 3. The number of benzene rings is 2. The molecule has 0 unspecified atom stereocenters. The summed E-state index contributed by atoms with van der Waals surface area (Å²) in [6.07, 6.45) is -1.22. The maximum Gasteiger partial charge on any atom is 0.348 e. The summed E-state index contributed by atoms with van der Waals surface area (Å²) in [7, 11) is 0. The number of nitrogens with one attached hydrogen (secondary N) is 1. The Kier molecular flexibility index (Phi) is 4.58. The quantitative estimate of drug-likeness (QED) is 0.366. The minimum atomic E-state index is -1.22. The Labute approximate surface area is 191 Å². The summed E-state index contributed by atoms with van der Waals surface area (Å²) in [5.41, 5.74) is 0.0171. The number of carbonyl (C=O) groups is 1. The summed E-state index contributed by atoms with van der Waals surface area (Å²) < 4.78 is 28.0. The highest BCUT2D eigenvalue weighted by Crippen LogP contribution is 2.44. The van der Waals surface area contributed by atoms with Crippen molar-refractivity contribution in [2.24, 2.45) is 0 Å². The standard InChI is InChI=1S/C25H19NO8/c1-2-30-25(29)22-19(20-21(34-22)13-5-3-4-6-16(13)33-24(20)28)14-9-12-10-17-18(32-8-7-31-17)11-15(12)26-23(14)27/h3-6,9-11,19,22H,2,7-8H2,1H3,(H,26,27)/t19-,22+/m1/s1. The van der Waals surface area contributed by atoms with Crippen molar-refractivity contribution in [3.05, 3.63) is 74.4 Å². The van der Waals surface area contributed by atoms with Gasteiger partial charge in [-0.25, -0.2) is 9.59 Å². The number of pyridine rings is 1. The van der Waals surface area contributed by atoms with Crippen LogP contribution in [0.2, 0.25) is 0 Å². The van der Waals surface area contributed by atoms with Crippen molar-refractivity contribution in [3.63, 3.8) is 0 Å². The molecular formula is C25H19NO8. The zero-order valence-corrected chi connectivity index (χ0v) is 18.1. The van der Waals surface area contributed by atoms with Crippen LogP contribution in [-0.2, 0) is 9.53 Å². The highest BCUT2D eigenvalue weighted by atomic mass is 16.6. The van der Waals surface area contributed by atoms with E-state index in [9.17, 15) is 14.4 Å². The molecule has 2 aromatic heterocycles. The second-order valence-corrected chi connectivity index (χ2v) is 8.03. The second kappa shape index (κ2) is 7.65. The van der Waals surface area contributed by atoms with E-state index >= 15 is 0 Å². The molecule has 9 heteroatoms. The van der Waals surface area contributed by atoms with Crippen LogP contribution in [0.25, 0.3) is 21.9 Å². The number of hydrogen-bond donors (Lipinski definition) is 1. The van der Waals surface area contributed by atoms with Gasteiger partial charge in [0.1, 0.15) is 24.5 Å². The average Bonchev–Trinajstić information content (AvgIpc) is 3.24. The number of esters is 1. The number of para-hydroxylation sites is 1. The lowest BCUT2D eigenvalue weighted by atomic mass is 9.88. The average molecular weight is 461 g/mol. The molecule has 2 atom stereocenters. The summed E-state index contributed by atoms with van der Waals surface area (Å²) in [5.74, 6) is -0.387. The van der Waals surface area contributed by atoms with Gasteiger partial charge in [-0.1, -0.05) is 12.1 Å². The van der Waals surface area contributed by atoms with Crippen LogP contribution in [0.3, 0.4) is 0 Å². The van der Waals surface area contributed by atoms with Crippen molar-refractivity contribution < 1.29 is 28.2 Å². The molecule has 4 aromatic rings. The fraction of sp³-hybridized carbons (Fsp3) is 0.240. The van der Waals surface area contributed by atoms with E-state index < -0.39 is 29.2 Å². The van der Waals surface area contributed by atoms with Gasteiger partial charge in [-0.2, -0.15) is 0 Å². The van der Waals surface area contributed by atoms with E-state index in [0.29, 0.717) is 46.6 Å². The van der Waals surface area contributed by atoms with Gasteiger partial charge in [0.05, 0.1) is 29.0 Å². The van der Waals surface area contributed by atoms with E-state index in [-0.39, 0.29) is 23.5 Å². The summed E-state index contributed by atoms with van der Waals surface area (Å²) in [4.78, 5) is 42.0. The van der Waals surface area contributed by atoms with E-state index in [0.717, 1.165) is 0 Å². The van der Waals surface area contributed by atoms with Crippen molar-refractivity contribution in [1.29, 1.82) is 0 Å². The van der Waals surface area contributed by atoms with E-state index in [2.05, 4.69) is 4.98 Å². The molecule has 0 radical (unpaired) electrons. The summed E-state index contributed by atoms with van der Waals surface area (Å²) in [6, 6.07) is 12.0. The first kappa shape index (κ1) is 20.3. The number of ether oxygens (including phenoxy) is 4. The molecular weight excluding hydrogens is 442 g/mol. The van der Waals surface area contributed by atoms with Crippen LogP contribution in [0.5, 0.6) is 17.2 Å². The van der Waals surface area contributed by atoms with Gasteiger partial charge in [0.2, 0.25) is 6.10 Å². The molecule has 0 saturated heterocycles. The summed E-state index contributed by atoms with van der Waals surface area (Å²) in [5, 5.41) is 1.19. The molecule has 2 aliphatic rings. The van der Waals surface area contributed by atoms with Gasteiger partial charge in [0.25, 0.3) is 5.56 Å². The van der Waals surface area contributed by atoms with Crippen LogP contribution in [0.1, 0.15) is 24.0 Å². The molecule has 0 amide bonds. The summed E-state index contributed by atoms with van der Waals surface area (Å²) >= 11 is 0. The Morgan fingerprint density at radius 3 is 2.65 bits per heavy atom. The molecule has 6 rings (SSSR count). The number of carbonyl (C=O) groups excluding carboxylic acids is 1. The van der Waals surface area contributed by atoms with E-state index in [4.69, 9.17) is 23.4 Å². The van der Waals surface area contributed by atoms with Gasteiger partial charge in [0, 0.05) is 17.0 Å². The Balaban J connectivity index is 1.59. The van der Waals surface area contributed by atoms with Crippen molar-refractivity contribution in [3.8, 4) is 17.2 Å². The minimum absolute atomic E-state index is 0.110. The third-order valence-electron chi connectivity index (χ3n) is 6.05. The number of fused-ring (bicyclic) bond motifs is 5. The molecule has 0 saturated carbocycles. The molecule has 0 fully saturated rings. The van der Waals surface area contributed by atoms with Gasteiger partial charge >= 0.3 is 11.6 Å². The minimum Gasteiger partial charge on any atom is -0.486 e. The molecule has 2 aromatic carbocycles. The van der Waals surface area contributed by atoms with Crippen molar-refractivity contribution in [1.82, 2.24) is 4.98 Å². The number of aromatic amines is 1. The van der Waals surface area contributed by atoms with Crippen LogP contribution in [0.4, 0.5) is 0 Å². The highest BCUT2D eigenvalue weighted by molar-refractivity contribution is 5.89. The van der Waals surface area contributed by atoms with Crippen LogP contribution >= 0.6 is 0 Å². The van der Waals surface area contributed by atoms with E-state index in [1.807, 2.05) is 0 Å². The monoisotopic (exact) mass is 461 g/mol. The number of aromatic nitrogens is 1. The lowest BCUT2D eigenvalue weighted by molar-refractivity contribution is -0.151. The Morgan fingerprint density at radius 2 is 1.85 bits per heavy atom. The third kappa shape index (κ3) is 3.04. The SMILES string of the molecule is CCOC(=O)[C@H]1Oc2c(c(=O)oc3ccccc23)[C@H]1c1cc2cc3c(cc2[nH]c1=O)OCCO3. The van der Waals surface area contributed by atoms with Crippen LogP contribution in [-0.4, -0.2) is 36.9 Å². The predicted molar refractivity (Wildman–Crippen MR) is 121 cm³/mol. The predicted octanol–water partition coefficient (Wildman–Crippen LogP) is 2.86. The largest absolute Gasteiger partial charge is 0.486 e. The smallest absolute Gasteiger partial charge is 0.348 e. The molecule has 0 bridgehead atoms. The Hall–Kier alpha value is -4.27. The second-order valence-electron chi connectivity index (χ2n) is 8.03. The molecule has 9 nitrogen and oxygen atoms in total. The van der Waals surface area contributed by atoms with Crippen LogP contribution in [0.15, 0.2) is 56.5 Å². The maximum absolute atomic E-state index is 13.2. The lowest BCUT2D eigenvalue weighted by Gasteiger charge is -2.20. The zero-order valence-electron chi connectivity index (χ0n) is 18.1. The first-order valence-electron chi connectivity index (χ1n) is 10.9. The van der Waals surface area contributed by atoms with Gasteiger partial charge in [-0.3, -0.25) is 4.79 Å². The fourth-order valence-corrected chi connectivity index (χ4v) is 4.60. The first-order chi connectivity index (χ1) is 16.5. The van der Waals surface area contributed by atoms with Crippen LogP contribution in [0, 0.1) is 0 Å². The molecule has 34 heavy (non-hydrogen) atoms. The molecule has 1 N–H and O–H groups in total. The van der Waals surface area contributed by atoms with Gasteiger partial charge in [0.15, 0.2) is 11.5 Å². The van der Waals surface area contributed by atoms with Gasteiger partial charge in [-0.05, 0) is 31.2 Å². The number of H-pyrrole nitrogens is 1. The van der Waals surface area contributed by atoms with Crippen LogP contribution < -0.4 is 25.4 Å². The topological polar surface area (TPSA) is 117 Å². The zero-order chi connectivity index (χ0) is 23.4. The molecule has 0 aliphatic carbocycles. The molecule has 2 aliphatic heterocycles. The van der Waals surface area contributed by atoms with Crippen molar-refractivity contribution in [2.75, 3.05) is 19.8 Å². The first-order valence-corrected chi connectivity index (χ1v) is 10.9. The van der Waals surface area contributed by atoms with Gasteiger partial charge in [-0.15, -0.1) is 0 Å². The molecule has 4 heterocycles. The van der Waals surface area contributed by atoms with Gasteiger partial charge < -0.3 is 28.3 Å². The Morgan fingerprint density at radius 1 is 1.09 bits per heavy atom. The normalized spacial score (nSPS) is 18.5. The highest BCUT2D eigenvalue weighted by Gasteiger charge is 2.46. The molecule has 0 spiro atoms. The fourth-order valence-electron chi connectivity index (χ4n) is 4.60. The van der Waals surface area contributed by atoms with Crippen molar-refractivity contribution >= 4 is 27.8 Å². The van der Waals surface area contributed by atoms with E-state index in [1.165, 1.54) is 0 Å². The lowest BCUT2D eigenvalue weighted by Crippen LogP contribution is -2.35. The Bertz CT molecular complexity index is 1580. The van der Waals surface area contributed by atoms with E-state index in [1.54, 1.807) is 49.4 Å². The van der Waals surface area contributed by atoms with Crippen molar-refractivity contribution in [2.45, 2.75) is 18.9 Å². The summed E-state index contributed by atoms with van der Waals surface area (Å²) in [6.45, 7) is 2.63. The number of hydrogen-bond acceptors (Lipinski definition) is 8. The molecule has 172 valence electrons.